The van der Waals surface area contributed by atoms with E-state index in [2.05, 4.69) is 36.2 Å². The number of carbonyl (C=O) groups is 4. The van der Waals surface area contributed by atoms with Crippen LogP contribution < -0.4 is 32.7 Å². The molecule has 8 rings (SSSR count). The number of nitrogens with two attached hydrogens (primary N) is 2. The van der Waals surface area contributed by atoms with Crippen LogP contribution in [0.3, 0.4) is 0 Å². The van der Waals surface area contributed by atoms with Gasteiger partial charge in [-0.05, 0) is 81.0 Å². The Labute approximate surface area is 523 Å². The number of aromatic nitrogens is 5. The lowest BCUT2D eigenvalue weighted by Gasteiger charge is -2.28. The van der Waals surface area contributed by atoms with Gasteiger partial charge in [0.2, 0.25) is 5.91 Å². The van der Waals surface area contributed by atoms with Gasteiger partial charge in [0.05, 0.1) is 87.0 Å². The maximum Gasteiger partial charge on any atom is 0.253 e. The number of anilines is 2. The van der Waals surface area contributed by atoms with Gasteiger partial charge in [-0.1, -0.05) is 37.8 Å². The Kier molecular flexibility index (Phi) is 29.6. The quantitative estimate of drug-likeness (QED) is 0.0188. The lowest BCUT2D eigenvalue weighted by atomic mass is 9.81. The van der Waals surface area contributed by atoms with Crippen LogP contribution in [0.25, 0.3) is 22.1 Å². The number of ether oxygens (including phenoxy) is 6. The summed E-state index contributed by atoms with van der Waals surface area (Å²) in [5.74, 6) is 0.973. The number of aliphatic hydroxyl groups is 4. The van der Waals surface area contributed by atoms with Crippen molar-refractivity contribution >= 4 is 80.4 Å². The average Bonchev–Trinajstić information content (AvgIpc) is 1.95. The summed E-state index contributed by atoms with van der Waals surface area (Å²) >= 11 is 11.3. The van der Waals surface area contributed by atoms with Crippen molar-refractivity contribution in [1.29, 1.82) is 0 Å². The zero-order valence-electron chi connectivity index (χ0n) is 50.0. The van der Waals surface area contributed by atoms with Gasteiger partial charge in [-0.15, -0.1) is 23.2 Å². The van der Waals surface area contributed by atoms with E-state index in [1.54, 1.807) is 58.1 Å². The fraction of sp³-hybridized carbons (Fsp3) is 0.623. The molecule has 0 bridgehead atoms. The first kappa shape index (κ1) is 69.7. The number of nitrogens with zero attached hydrogens (tertiary/aromatic N) is 5. The van der Waals surface area contributed by atoms with Gasteiger partial charge < -0.3 is 90.7 Å². The summed E-state index contributed by atoms with van der Waals surface area (Å²) in [4.78, 5) is 64.4. The largest absolute Gasteiger partial charge is 0.398 e. The van der Waals surface area contributed by atoms with Crippen LogP contribution in [-0.2, 0) is 39.8 Å². The van der Waals surface area contributed by atoms with Gasteiger partial charge in [0.1, 0.15) is 48.1 Å². The molecule has 1 aromatic carbocycles. The fourth-order valence-corrected chi connectivity index (χ4v) is 11.3. The molecule has 4 amide bonds. The van der Waals surface area contributed by atoms with Gasteiger partial charge in [0, 0.05) is 99.8 Å². The van der Waals surface area contributed by atoms with E-state index in [1.165, 1.54) is 6.33 Å². The second-order valence-electron chi connectivity index (χ2n) is 22.2. The van der Waals surface area contributed by atoms with Gasteiger partial charge >= 0.3 is 0 Å². The van der Waals surface area contributed by atoms with E-state index in [1.807, 2.05) is 0 Å². The van der Waals surface area contributed by atoms with Gasteiger partial charge in [0.15, 0.2) is 0 Å². The number of carbonyl (C=O) groups excluding carboxylic acids is 4. The number of rotatable bonds is 36. The third-order valence-corrected chi connectivity index (χ3v) is 16.4. The molecular weight excluding hydrogens is 1180 g/mol. The van der Waals surface area contributed by atoms with Crippen molar-refractivity contribution in [3.8, 4) is 0 Å². The second-order valence-corrected chi connectivity index (χ2v) is 23.0. The van der Waals surface area contributed by atoms with Gasteiger partial charge in [-0.3, -0.25) is 19.2 Å². The number of hydrogen-bond acceptors (Lipinski definition) is 19. The molecule has 12 N–H and O–H groups in total. The number of amides is 4. The van der Waals surface area contributed by atoms with Crippen molar-refractivity contribution < 1.29 is 68.0 Å². The lowest BCUT2D eigenvalue weighted by molar-refractivity contribution is -0.126. The Morgan fingerprint density at radius 1 is 0.591 bits per heavy atom. The molecule has 0 spiro atoms. The number of aliphatic hydroxyl groups excluding tert-OH is 4. The SMILES string of the molecule is Nc1ccnc2c1c(C(=O)NCC1CCC(C(=O)NCCOCCOCCCCCCCl)CC1)cn2[C@H]1CC(O)[C@@H](CO)O1.Nc1ncnc2c1c(C(=O)NCc1ccc(C(=O)NCCOCCOCCCCCCCl)cc1)cn2[C@H]1CC(O)[C@@H](CO)O1. The van der Waals surface area contributed by atoms with E-state index in [0.29, 0.717) is 111 Å². The molecule has 3 aliphatic rings. The number of unbranched alkanes of at least 4 members (excludes halogenated alkanes) is 6. The molecule has 1 aliphatic carbocycles. The van der Waals surface area contributed by atoms with Crippen LogP contribution in [0.5, 0.6) is 0 Å². The molecule has 1 saturated carbocycles. The Hall–Kier alpha value is -5.81. The molecule has 4 aromatic heterocycles. The molecule has 6 atom stereocenters. The predicted octanol–water partition coefficient (Wildman–Crippen LogP) is 4.89. The summed E-state index contributed by atoms with van der Waals surface area (Å²) in [6.45, 7) is 5.27. The van der Waals surface area contributed by atoms with Crippen molar-refractivity contribution in [3.05, 3.63) is 77.5 Å². The highest BCUT2D eigenvalue weighted by atomic mass is 35.5. The van der Waals surface area contributed by atoms with Crippen LogP contribution in [0.4, 0.5) is 11.5 Å². The van der Waals surface area contributed by atoms with Crippen molar-refractivity contribution in [2.24, 2.45) is 11.8 Å². The normalized spacial score (nSPS) is 20.9. The van der Waals surface area contributed by atoms with Crippen molar-refractivity contribution in [3.63, 3.8) is 0 Å². The first-order valence-corrected chi connectivity index (χ1v) is 31.8. The molecule has 25 nitrogen and oxygen atoms in total. The number of halogens is 2. The van der Waals surface area contributed by atoms with Crippen LogP contribution in [0.15, 0.2) is 55.2 Å². The molecule has 27 heteroatoms. The van der Waals surface area contributed by atoms with Crippen LogP contribution in [0.1, 0.15) is 139 Å². The van der Waals surface area contributed by atoms with Crippen molar-refractivity contribution in [1.82, 2.24) is 45.4 Å². The minimum Gasteiger partial charge on any atom is -0.398 e. The highest BCUT2D eigenvalue weighted by Crippen LogP contribution is 2.37. The summed E-state index contributed by atoms with van der Waals surface area (Å²) < 4.78 is 37.1. The molecule has 5 aromatic rings. The topological polar surface area (TPSA) is 353 Å². The molecule has 3 fully saturated rings. The predicted molar refractivity (Wildman–Crippen MR) is 332 cm³/mol. The van der Waals surface area contributed by atoms with Crippen LogP contribution >= 0.6 is 23.2 Å². The number of nitrogens with one attached hydrogen (secondary N) is 4. The van der Waals surface area contributed by atoms with Crippen molar-refractivity contribution in [2.45, 2.75) is 133 Å². The molecule has 2 saturated heterocycles. The minimum atomic E-state index is -0.853. The lowest BCUT2D eigenvalue weighted by Crippen LogP contribution is -2.37. The number of fused-ring (bicyclic) bond motifs is 2. The number of hydrogen-bond donors (Lipinski definition) is 10. The first-order chi connectivity index (χ1) is 42.8. The third kappa shape index (κ3) is 20.6. The zero-order chi connectivity index (χ0) is 62.6. The van der Waals surface area contributed by atoms with Crippen LogP contribution in [-0.4, -0.2) is 190 Å². The number of alkyl halides is 2. The Bertz CT molecular complexity index is 2930. The Balaban J connectivity index is 0.000000251. The highest BCUT2D eigenvalue weighted by Gasteiger charge is 2.38. The Morgan fingerprint density at radius 3 is 1.67 bits per heavy atom. The minimum absolute atomic E-state index is 0.0301. The molecule has 6 heterocycles. The van der Waals surface area contributed by atoms with Gasteiger partial charge in [-0.25, -0.2) is 15.0 Å². The number of benzene rings is 1. The van der Waals surface area contributed by atoms with E-state index in [4.69, 9.17) is 63.1 Å². The van der Waals surface area contributed by atoms with Crippen LogP contribution in [0, 0.1) is 11.8 Å². The molecule has 486 valence electrons. The van der Waals surface area contributed by atoms with Crippen LogP contribution in [0.2, 0.25) is 0 Å². The summed E-state index contributed by atoms with van der Waals surface area (Å²) in [6, 6.07) is 8.56. The average molecular weight is 1270 g/mol. The molecule has 2 aliphatic heterocycles. The standard InChI is InChI=1S/C31H48ClN5O7.C30H41ClN6O7/c32-10-3-1-2-4-13-42-15-16-43-14-12-35-30(40)22-7-5-21(6-8-22)18-36-31(41)23-19-37(27-17-25(39)26(20-38)44-27)29-28(23)24(33)9-11-34-29;31-9-3-1-2-4-11-42-13-14-43-12-10-33-29(40)21-7-5-20(6-8-21)16-34-30(41)22-17-37(25-15-23(39)24(18-38)44-25)28-26(22)27(32)35-19-36-28/h9,11,19,21-22,25-27,38-39H,1-8,10,12-18,20H2,(H2,33,34)(H,35,40)(H,36,41);5-8,17,19,23-25,38-39H,1-4,9-16,18H2,(H,33,40)(H,34,41)(H2,32,35,36)/t21?,22?,25?,26-,27-;23?,24-,25-/m11/s1. The van der Waals surface area contributed by atoms with Crippen molar-refractivity contribution in [2.75, 3.05) is 109 Å². The van der Waals surface area contributed by atoms with E-state index in [9.17, 15) is 39.6 Å². The second kappa shape index (κ2) is 37.4. The zero-order valence-corrected chi connectivity index (χ0v) is 51.6. The molecule has 2 unspecified atom stereocenters. The smallest absolute Gasteiger partial charge is 0.253 e. The summed E-state index contributed by atoms with van der Waals surface area (Å²) in [6.07, 6.45) is 14.2. The highest BCUT2D eigenvalue weighted by molar-refractivity contribution is 6.18. The third-order valence-electron chi connectivity index (χ3n) is 15.9. The van der Waals surface area contributed by atoms with E-state index >= 15 is 0 Å². The number of nitrogen functional groups attached to an aromatic ring is 2. The monoisotopic (exact) mass is 1270 g/mol. The molecule has 88 heavy (non-hydrogen) atoms. The molecular formula is C61H89Cl2N11O14. The fourth-order valence-electron chi connectivity index (χ4n) is 10.9. The molecule has 0 radical (unpaired) electrons. The van der Waals surface area contributed by atoms with E-state index in [-0.39, 0.29) is 73.5 Å². The Morgan fingerprint density at radius 2 is 1.11 bits per heavy atom. The van der Waals surface area contributed by atoms with E-state index in [0.717, 1.165) is 95.1 Å². The maximum atomic E-state index is 13.3. The van der Waals surface area contributed by atoms with Gasteiger partial charge in [-0.2, -0.15) is 0 Å². The van der Waals surface area contributed by atoms with E-state index < -0.39 is 42.8 Å². The maximum absolute atomic E-state index is 13.3. The van der Waals surface area contributed by atoms with Gasteiger partial charge in [0.25, 0.3) is 17.7 Å². The first-order valence-electron chi connectivity index (χ1n) is 30.7. The summed E-state index contributed by atoms with van der Waals surface area (Å²) in [7, 11) is 0. The summed E-state index contributed by atoms with van der Waals surface area (Å²) in [5, 5.41) is 51.9. The number of pyridine rings is 1. The summed E-state index contributed by atoms with van der Waals surface area (Å²) in [5.41, 5.74) is 15.6.